The van der Waals surface area contributed by atoms with Crippen LogP contribution in [0.4, 0.5) is 0 Å². The highest BCUT2D eigenvalue weighted by molar-refractivity contribution is 6.13. The van der Waals surface area contributed by atoms with Crippen molar-refractivity contribution in [1.82, 2.24) is 0 Å². The Morgan fingerprint density at radius 2 is 2.00 bits per heavy atom. The van der Waals surface area contributed by atoms with Crippen molar-refractivity contribution < 1.29 is 24.2 Å². The van der Waals surface area contributed by atoms with Crippen LogP contribution >= 0.6 is 0 Å². The fraction of sp³-hybridized carbons (Fsp3) is 0.400. The van der Waals surface area contributed by atoms with E-state index in [9.17, 15) is 19.5 Å². The van der Waals surface area contributed by atoms with Gasteiger partial charge in [-0.1, -0.05) is 0 Å². The summed E-state index contributed by atoms with van der Waals surface area (Å²) in [4.78, 5) is 35.8. The highest BCUT2D eigenvalue weighted by Crippen LogP contribution is 2.05. The van der Waals surface area contributed by atoms with Crippen molar-refractivity contribution in [1.29, 1.82) is 0 Å². The molecule has 94 valence electrons. The summed E-state index contributed by atoms with van der Waals surface area (Å²) in [5.74, 6) is -2.84. The molecule has 0 aliphatic rings. The molecule has 17 heavy (non-hydrogen) atoms. The predicted octanol–water partition coefficient (Wildman–Crippen LogP) is -0.146. The molecule has 0 atom stereocenters. The van der Waals surface area contributed by atoms with Crippen LogP contribution in [0.2, 0.25) is 0 Å². The van der Waals surface area contributed by atoms with Crippen LogP contribution in [0.25, 0.3) is 0 Å². The van der Waals surface area contributed by atoms with Crippen molar-refractivity contribution in [2.45, 2.75) is 20.3 Å². The van der Waals surface area contributed by atoms with Gasteiger partial charge in [0.25, 0.3) is 5.91 Å². The molecule has 0 bridgehead atoms. The average Bonchev–Trinajstić information content (AvgIpc) is 2.16. The van der Waals surface area contributed by atoms with Crippen molar-refractivity contribution in [3.05, 3.63) is 11.3 Å². The smallest absolute Gasteiger partial charge is 0.313 e. The summed E-state index contributed by atoms with van der Waals surface area (Å²) in [7, 11) is 0. The van der Waals surface area contributed by atoms with Crippen molar-refractivity contribution >= 4 is 24.0 Å². The zero-order chi connectivity index (χ0) is 13.4. The number of carbonyl (C=O) groups is 3. The van der Waals surface area contributed by atoms with Crippen LogP contribution in [0.5, 0.6) is 0 Å². The number of esters is 1. The van der Waals surface area contributed by atoms with E-state index < -0.39 is 35.5 Å². The monoisotopic (exact) mass is 242 g/mol. The highest BCUT2D eigenvalue weighted by atomic mass is 16.5. The third-order valence-electron chi connectivity index (χ3n) is 1.57. The van der Waals surface area contributed by atoms with E-state index >= 15 is 0 Å². The molecule has 0 rings (SSSR count). The highest BCUT2D eigenvalue weighted by Gasteiger charge is 2.14. The number of rotatable bonds is 5. The van der Waals surface area contributed by atoms with E-state index in [-0.39, 0.29) is 6.61 Å². The third-order valence-corrected chi connectivity index (χ3v) is 1.57. The van der Waals surface area contributed by atoms with E-state index in [1.807, 2.05) is 0 Å². The molecule has 0 spiro atoms. The number of amides is 2. The lowest BCUT2D eigenvalue weighted by atomic mass is 10.2. The number of aliphatic imine (C=N–C) groups is 1. The number of aliphatic hydroxyl groups is 1. The standard InChI is InChI=1S/C10H14N2O5/c1-3-17-9(15)4-8(14)7(10(11)16)5-12-6(2)13/h5,14H,3-4H2,1-2H3,(H2,11,16). The maximum absolute atomic E-state index is 11.0. The maximum atomic E-state index is 11.0. The van der Waals surface area contributed by atoms with Gasteiger partial charge < -0.3 is 15.6 Å². The van der Waals surface area contributed by atoms with E-state index in [0.29, 0.717) is 0 Å². The molecule has 2 amide bonds. The Balaban J connectivity index is 4.93. The van der Waals surface area contributed by atoms with Gasteiger partial charge in [-0.3, -0.25) is 14.4 Å². The Kier molecular flexibility index (Phi) is 6.24. The average molecular weight is 242 g/mol. The topological polar surface area (TPSA) is 119 Å². The van der Waals surface area contributed by atoms with Crippen molar-refractivity contribution in [3.8, 4) is 0 Å². The quantitative estimate of drug-likeness (QED) is 0.301. The van der Waals surface area contributed by atoms with Gasteiger partial charge in [-0.2, -0.15) is 0 Å². The number of hydrogen-bond acceptors (Lipinski definition) is 5. The van der Waals surface area contributed by atoms with Crippen molar-refractivity contribution in [3.63, 3.8) is 0 Å². The Morgan fingerprint density at radius 1 is 1.41 bits per heavy atom. The number of carbonyl (C=O) groups excluding carboxylic acids is 3. The minimum atomic E-state index is -0.989. The summed E-state index contributed by atoms with van der Waals surface area (Å²) in [6.45, 7) is 2.92. The zero-order valence-corrected chi connectivity index (χ0v) is 9.60. The van der Waals surface area contributed by atoms with Crippen molar-refractivity contribution in [2.24, 2.45) is 10.7 Å². The first-order valence-electron chi connectivity index (χ1n) is 4.80. The maximum Gasteiger partial charge on any atom is 0.313 e. The summed E-state index contributed by atoms with van der Waals surface area (Å²) in [5.41, 5.74) is 4.57. The van der Waals surface area contributed by atoms with E-state index in [0.717, 1.165) is 13.1 Å². The van der Waals surface area contributed by atoms with Gasteiger partial charge in [0.1, 0.15) is 12.2 Å². The summed E-state index contributed by atoms with van der Waals surface area (Å²) in [6.07, 6.45) is 0.315. The molecule has 0 saturated heterocycles. The summed E-state index contributed by atoms with van der Waals surface area (Å²) in [5, 5.41) is 9.46. The number of nitrogens with two attached hydrogens (primary N) is 1. The lowest BCUT2D eigenvalue weighted by Gasteiger charge is -2.03. The van der Waals surface area contributed by atoms with E-state index in [1.54, 1.807) is 6.92 Å². The molecular weight excluding hydrogens is 228 g/mol. The fourth-order valence-electron chi connectivity index (χ4n) is 0.880. The lowest BCUT2D eigenvalue weighted by molar-refractivity contribution is -0.142. The molecule has 3 N–H and O–H groups in total. The lowest BCUT2D eigenvalue weighted by Crippen LogP contribution is -2.19. The summed E-state index contributed by atoms with van der Waals surface area (Å²) in [6, 6.07) is 0. The van der Waals surface area contributed by atoms with Crippen LogP contribution in [-0.4, -0.2) is 35.7 Å². The Bertz CT molecular complexity index is 384. The molecule has 0 unspecified atom stereocenters. The molecule has 0 aromatic rings. The minimum absolute atomic E-state index is 0.152. The normalized spacial score (nSPS) is 12.1. The second-order valence-corrected chi connectivity index (χ2v) is 2.98. The number of nitrogens with zero attached hydrogens (tertiary/aromatic N) is 1. The molecule has 7 heteroatoms. The number of primary amides is 1. The second-order valence-electron chi connectivity index (χ2n) is 2.98. The van der Waals surface area contributed by atoms with Crippen LogP contribution in [0, 0.1) is 0 Å². The SMILES string of the molecule is CCOC(=O)CC(O)=C(C=NC(C)=O)C(N)=O. The molecule has 0 aromatic heterocycles. The van der Waals surface area contributed by atoms with Crippen LogP contribution in [-0.2, 0) is 19.1 Å². The van der Waals surface area contributed by atoms with Gasteiger partial charge in [0.05, 0.1) is 12.2 Å². The minimum Gasteiger partial charge on any atom is -0.511 e. The van der Waals surface area contributed by atoms with Gasteiger partial charge in [-0.15, -0.1) is 0 Å². The van der Waals surface area contributed by atoms with Gasteiger partial charge in [-0.25, -0.2) is 4.99 Å². The Labute approximate surface area is 98.0 Å². The van der Waals surface area contributed by atoms with Gasteiger partial charge >= 0.3 is 5.97 Å². The largest absolute Gasteiger partial charge is 0.511 e. The molecule has 0 fully saturated rings. The first-order valence-corrected chi connectivity index (χ1v) is 4.80. The molecular formula is C10H14N2O5. The van der Waals surface area contributed by atoms with E-state index in [4.69, 9.17) is 5.73 Å². The van der Waals surface area contributed by atoms with E-state index in [1.165, 1.54) is 0 Å². The van der Waals surface area contributed by atoms with Crippen LogP contribution < -0.4 is 5.73 Å². The first-order chi connectivity index (χ1) is 7.88. The molecule has 7 nitrogen and oxygen atoms in total. The van der Waals surface area contributed by atoms with Crippen LogP contribution in [0.15, 0.2) is 16.3 Å². The summed E-state index contributed by atoms with van der Waals surface area (Å²) < 4.78 is 4.57. The zero-order valence-electron chi connectivity index (χ0n) is 9.60. The van der Waals surface area contributed by atoms with Gasteiger partial charge in [0, 0.05) is 13.1 Å². The van der Waals surface area contributed by atoms with Gasteiger partial charge in [-0.05, 0) is 6.92 Å². The Hall–Kier alpha value is -2.18. The molecule has 0 aliphatic carbocycles. The van der Waals surface area contributed by atoms with Gasteiger partial charge in [0.15, 0.2) is 0 Å². The fourth-order valence-corrected chi connectivity index (χ4v) is 0.880. The number of ether oxygens (including phenoxy) is 1. The van der Waals surface area contributed by atoms with Gasteiger partial charge in [0.2, 0.25) is 5.91 Å². The van der Waals surface area contributed by atoms with Crippen LogP contribution in [0.3, 0.4) is 0 Å². The molecule has 0 aliphatic heterocycles. The van der Waals surface area contributed by atoms with E-state index in [2.05, 4.69) is 9.73 Å². The number of aliphatic hydroxyl groups excluding tert-OH is 1. The Morgan fingerprint density at radius 3 is 2.41 bits per heavy atom. The molecule has 0 radical (unpaired) electrons. The number of hydrogen-bond donors (Lipinski definition) is 2. The van der Waals surface area contributed by atoms with Crippen molar-refractivity contribution in [2.75, 3.05) is 6.61 Å². The first kappa shape index (κ1) is 14.8. The second kappa shape index (κ2) is 7.15. The molecule has 0 saturated carbocycles. The molecule has 0 aromatic carbocycles. The third kappa shape index (κ3) is 6.08. The predicted molar refractivity (Wildman–Crippen MR) is 59.3 cm³/mol. The molecule has 0 heterocycles. The summed E-state index contributed by atoms with van der Waals surface area (Å²) >= 11 is 0. The van der Waals surface area contributed by atoms with Crippen LogP contribution in [0.1, 0.15) is 20.3 Å².